The molecule has 0 N–H and O–H groups in total. The van der Waals surface area contributed by atoms with E-state index in [2.05, 4.69) is 21.9 Å². The van der Waals surface area contributed by atoms with E-state index in [9.17, 15) is 4.79 Å². The first-order valence-electron chi connectivity index (χ1n) is 6.12. The Hall–Kier alpha value is -1.27. The molecule has 2 nitrogen and oxygen atoms in total. The highest BCUT2D eigenvalue weighted by molar-refractivity contribution is 9.08. The van der Waals surface area contributed by atoms with Crippen molar-refractivity contribution in [3.63, 3.8) is 0 Å². The maximum atomic E-state index is 12.3. The molecule has 1 amide bonds. The Morgan fingerprint density at radius 2 is 2.06 bits per heavy atom. The fraction of sp³-hybridized carbons (Fsp3) is 0.400. The lowest BCUT2D eigenvalue weighted by atomic mass is 10.1. The van der Waals surface area contributed by atoms with Gasteiger partial charge in [-0.05, 0) is 36.5 Å². The number of terminal acetylenes is 1. The van der Waals surface area contributed by atoms with Crippen molar-refractivity contribution >= 4 is 21.8 Å². The van der Waals surface area contributed by atoms with Crippen molar-refractivity contribution in [1.82, 2.24) is 4.90 Å². The number of benzene rings is 1. The first-order valence-corrected chi connectivity index (χ1v) is 7.24. The summed E-state index contributed by atoms with van der Waals surface area (Å²) in [5, 5.41) is 0.803. The third-order valence-corrected chi connectivity index (χ3v) is 3.75. The molecule has 0 spiro atoms. The number of carbonyl (C=O) groups is 1. The van der Waals surface area contributed by atoms with Gasteiger partial charge in [-0.3, -0.25) is 4.79 Å². The highest BCUT2D eigenvalue weighted by Crippen LogP contribution is 2.30. The van der Waals surface area contributed by atoms with Gasteiger partial charge in [0.15, 0.2) is 0 Å². The third kappa shape index (κ3) is 3.36. The van der Waals surface area contributed by atoms with Crippen LogP contribution in [0.2, 0.25) is 0 Å². The van der Waals surface area contributed by atoms with Crippen LogP contribution < -0.4 is 0 Å². The topological polar surface area (TPSA) is 20.3 Å². The van der Waals surface area contributed by atoms with Crippen LogP contribution in [0.4, 0.5) is 0 Å². The van der Waals surface area contributed by atoms with Gasteiger partial charge in [0.1, 0.15) is 0 Å². The minimum absolute atomic E-state index is 0.0426. The number of halogens is 1. The highest BCUT2D eigenvalue weighted by Gasteiger charge is 2.26. The van der Waals surface area contributed by atoms with Gasteiger partial charge in [0.2, 0.25) is 0 Å². The molecule has 0 unspecified atom stereocenters. The van der Waals surface area contributed by atoms with E-state index in [1.165, 1.54) is 12.8 Å². The predicted molar refractivity (Wildman–Crippen MR) is 76.5 cm³/mol. The van der Waals surface area contributed by atoms with E-state index in [-0.39, 0.29) is 5.91 Å². The molecule has 18 heavy (non-hydrogen) atoms. The Morgan fingerprint density at radius 1 is 1.39 bits per heavy atom. The molecular weight excluding hydrogens is 290 g/mol. The van der Waals surface area contributed by atoms with Crippen LogP contribution in [0, 0.1) is 18.3 Å². The minimum atomic E-state index is 0.0426. The van der Waals surface area contributed by atoms with Crippen LogP contribution in [0.3, 0.4) is 0 Å². The number of rotatable bonds is 5. The Morgan fingerprint density at radius 3 is 2.56 bits per heavy atom. The van der Waals surface area contributed by atoms with Crippen LogP contribution in [0.5, 0.6) is 0 Å². The Balaban J connectivity index is 2.08. The molecule has 0 saturated heterocycles. The van der Waals surface area contributed by atoms with E-state index in [1.54, 1.807) is 4.90 Å². The average Bonchev–Trinajstić information content (AvgIpc) is 3.21. The quantitative estimate of drug-likeness (QED) is 0.605. The zero-order valence-corrected chi connectivity index (χ0v) is 11.8. The Bertz CT molecular complexity index is 456. The third-order valence-electron chi connectivity index (χ3n) is 3.10. The standard InChI is InChI=1S/C15H16BrNO/c1-2-9-17(11-13-3-4-13)15(18)14-7-5-12(10-16)6-8-14/h1,5-8,13H,3-4,9-11H2. The summed E-state index contributed by atoms with van der Waals surface area (Å²) >= 11 is 3.39. The first kappa shape index (κ1) is 13.2. The Kier molecular flexibility index (Phi) is 4.43. The monoisotopic (exact) mass is 305 g/mol. The molecule has 1 aliphatic carbocycles. The van der Waals surface area contributed by atoms with E-state index >= 15 is 0 Å². The number of carbonyl (C=O) groups excluding carboxylic acids is 1. The summed E-state index contributed by atoms with van der Waals surface area (Å²) < 4.78 is 0. The molecule has 0 aliphatic heterocycles. The van der Waals surface area contributed by atoms with Gasteiger partial charge in [-0.1, -0.05) is 34.0 Å². The second-order valence-electron chi connectivity index (χ2n) is 4.66. The zero-order chi connectivity index (χ0) is 13.0. The molecule has 3 heteroatoms. The van der Waals surface area contributed by atoms with Gasteiger partial charge in [-0.15, -0.1) is 6.42 Å². The summed E-state index contributed by atoms with van der Waals surface area (Å²) in [4.78, 5) is 14.1. The number of hydrogen-bond acceptors (Lipinski definition) is 1. The molecule has 0 heterocycles. The van der Waals surface area contributed by atoms with E-state index in [0.29, 0.717) is 12.5 Å². The minimum Gasteiger partial charge on any atom is -0.327 e. The van der Waals surface area contributed by atoms with Crippen LogP contribution in [-0.2, 0) is 5.33 Å². The average molecular weight is 306 g/mol. The number of alkyl halides is 1. The predicted octanol–water partition coefficient (Wildman–Crippen LogP) is 3.07. The SMILES string of the molecule is C#CCN(CC1CC1)C(=O)c1ccc(CBr)cc1. The van der Waals surface area contributed by atoms with Crippen molar-refractivity contribution in [2.24, 2.45) is 5.92 Å². The summed E-state index contributed by atoms with van der Waals surface area (Å²) in [6.07, 6.45) is 7.78. The van der Waals surface area contributed by atoms with Gasteiger partial charge in [0, 0.05) is 17.4 Å². The molecule has 2 rings (SSSR count). The van der Waals surface area contributed by atoms with Gasteiger partial charge >= 0.3 is 0 Å². The maximum Gasteiger partial charge on any atom is 0.254 e. The normalized spacial score (nSPS) is 14.0. The second kappa shape index (κ2) is 6.06. The second-order valence-corrected chi connectivity index (χ2v) is 5.22. The molecule has 0 radical (unpaired) electrons. The van der Waals surface area contributed by atoms with Gasteiger partial charge in [0.25, 0.3) is 5.91 Å². The summed E-state index contributed by atoms with van der Waals surface area (Å²) in [5.41, 5.74) is 1.88. The Labute approximate surface area is 116 Å². The van der Waals surface area contributed by atoms with Crippen LogP contribution in [-0.4, -0.2) is 23.9 Å². The maximum absolute atomic E-state index is 12.3. The molecule has 94 valence electrons. The first-order chi connectivity index (χ1) is 8.74. The summed E-state index contributed by atoms with van der Waals surface area (Å²) in [7, 11) is 0. The fourth-order valence-electron chi connectivity index (χ4n) is 1.86. The van der Waals surface area contributed by atoms with Gasteiger partial charge in [0.05, 0.1) is 6.54 Å². The van der Waals surface area contributed by atoms with Gasteiger partial charge < -0.3 is 4.90 Å². The van der Waals surface area contributed by atoms with Crippen LogP contribution >= 0.6 is 15.9 Å². The summed E-state index contributed by atoms with van der Waals surface area (Å²) in [6, 6.07) is 7.67. The van der Waals surface area contributed by atoms with Crippen molar-refractivity contribution in [3.05, 3.63) is 35.4 Å². The number of amides is 1. The van der Waals surface area contributed by atoms with E-state index < -0.39 is 0 Å². The van der Waals surface area contributed by atoms with E-state index in [0.717, 1.165) is 23.0 Å². The van der Waals surface area contributed by atoms with Gasteiger partial charge in [-0.25, -0.2) is 0 Å². The van der Waals surface area contributed by atoms with Gasteiger partial charge in [-0.2, -0.15) is 0 Å². The lowest BCUT2D eigenvalue weighted by Crippen LogP contribution is -2.33. The molecule has 0 aromatic heterocycles. The summed E-state index contributed by atoms with van der Waals surface area (Å²) in [6.45, 7) is 1.19. The molecule has 1 fully saturated rings. The lowest BCUT2D eigenvalue weighted by Gasteiger charge is -2.20. The van der Waals surface area contributed by atoms with Crippen molar-refractivity contribution in [3.8, 4) is 12.3 Å². The number of hydrogen-bond donors (Lipinski definition) is 0. The molecule has 0 atom stereocenters. The highest BCUT2D eigenvalue weighted by atomic mass is 79.9. The molecule has 1 aliphatic rings. The van der Waals surface area contributed by atoms with Crippen LogP contribution in [0.25, 0.3) is 0 Å². The van der Waals surface area contributed by atoms with E-state index in [4.69, 9.17) is 6.42 Å². The molecular formula is C15H16BrNO. The van der Waals surface area contributed by atoms with Crippen LogP contribution in [0.1, 0.15) is 28.8 Å². The van der Waals surface area contributed by atoms with Crippen LogP contribution in [0.15, 0.2) is 24.3 Å². The lowest BCUT2D eigenvalue weighted by molar-refractivity contribution is 0.0770. The molecule has 1 aromatic carbocycles. The number of nitrogens with zero attached hydrogens (tertiary/aromatic N) is 1. The van der Waals surface area contributed by atoms with E-state index in [1.807, 2.05) is 24.3 Å². The smallest absolute Gasteiger partial charge is 0.254 e. The van der Waals surface area contributed by atoms with Crippen molar-refractivity contribution in [2.75, 3.05) is 13.1 Å². The largest absolute Gasteiger partial charge is 0.327 e. The molecule has 1 saturated carbocycles. The van der Waals surface area contributed by atoms with Crippen molar-refractivity contribution in [1.29, 1.82) is 0 Å². The fourth-order valence-corrected chi connectivity index (χ4v) is 2.23. The zero-order valence-electron chi connectivity index (χ0n) is 10.2. The van der Waals surface area contributed by atoms with Crippen molar-refractivity contribution < 1.29 is 4.79 Å². The summed E-state index contributed by atoms with van der Waals surface area (Å²) in [5.74, 6) is 3.27. The van der Waals surface area contributed by atoms with Crippen molar-refractivity contribution in [2.45, 2.75) is 18.2 Å². The molecule has 1 aromatic rings. The molecule has 0 bridgehead atoms.